The average Bonchev–Trinajstić information content (AvgIpc) is 2.62. The van der Waals surface area contributed by atoms with Crippen molar-refractivity contribution in [3.05, 3.63) is 50.7 Å². The van der Waals surface area contributed by atoms with Gasteiger partial charge in [0.05, 0.1) is 10.7 Å². The predicted octanol–water partition coefficient (Wildman–Crippen LogP) is 3.38. The fraction of sp³-hybridized carbons (Fsp3) is 0.167. The Balaban J connectivity index is 2.55. The molecule has 0 saturated heterocycles. The summed E-state index contributed by atoms with van der Waals surface area (Å²) in [5.74, 6) is -0.0862. The number of ketones is 1. The predicted molar refractivity (Wildman–Crippen MR) is 70.5 cm³/mol. The quantitative estimate of drug-likeness (QED) is 0.797. The van der Waals surface area contributed by atoms with Crippen molar-refractivity contribution in [3.63, 3.8) is 0 Å². The SMILES string of the molecule is Cc1c(Cl)cccc1C(=O)c1c(Br)cnn1C. The minimum absolute atomic E-state index is 0.0862. The summed E-state index contributed by atoms with van der Waals surface area (Å²) in [5, 5.41) is 4.62. The first-order valence-corrected chi connectivity index (χ1v) is 6.16. The average molecular weight is 314 g/mol. The van der Waals surface area contributed by atoms with Gasteiger partial charge >= 0.3 is 0 Å². The first-order chi connectivity index (χ1) is 8.02. The van der Waals surface area contributed by atoms with Crippen LogP contribution in [0.15, 0.2) is 28.9 Å². The summed E-state index contributed by atoms with van der Waals surface area (Å²) in [4.78, 5) is 12.4. The molecule has 0 N–H and O–H groups in total. The first kappa shape index (κ1) is 12.3. The van der Waals surface area contributed by atoms with Gasteiger partial charge in [0.25, 0.3) is 0 Å². The van der Waals surface area contributed by atoms with Gasteiger partial charge in [-0.25, -0.2) is 0 Å². The second kappa shape index (κ2) is 4.63. The van der Waals surface area contributed by atoms with Crippen LogP contribution in [0.3, 0.4) is 0 Å². The largest absolute Gasteiger partial charge is 0.287 e. The Kier molecular flexibility index (Phi) is 3.35. The highest BCUT2D eigenvalue weighted by Crippen LogP contribution is 2.24. The zero-order valence-electron chi connectivity index (χ0n) is 9.37. The molecule has 0 atom stereocenters. The van der Waals surface area contributed by atoms with E-state index in [1.54, 1.807) is 36.1 Å². The van der Waals surface area contributed by atoms with Crippen LogP contribution in [0.25, 0.3) is 0 Å². The zero-order valence-corrected chi connectivity index (χ0v) is 11.7. The maximum absolute atomic E-state index is 12.4. The lowest BCUT2D eigenvalue weighted by molar-refractivity contribution is 0.102. The Labute approximate surface area is 113 Å². The van der Waals surface area contributed by atoms with Crippen molar-refractivity contribution in [2.24, 2.45) is 7.05 Å². The molecule has 2 aromatic rings. The topological polar surface area (TPSA) is 34.9 Å². The van der Waals surface area contributed by atoms with E-state index in [0.29, 0.717) is 20.8 Å². The molecule has 17 heavy (non-hydrogen) atoms. The molecular formula is C12H10BrClN2O. The summed E-state index contributed by atoms with van der Waals surface area (Å²) >= 11 is 9.33. The van der Waals surface area contributed by atoms with Crippen LogP contribution in [-0.2, 0) is 7.05 Å². The van der Waals surface area contributed by atoms with E-state index in [9.17, 15) is 4.79 Å². The van der Waals surface area contributed by atoms with Gasteiger partial charge in [0, 0.05) is 17.6 Å². The number of carbonyl (C=O) groups excluding carboxylic acids is 1. The Morgan fingerprint density at radius 2 is 2.18 bits per heavy atom. The van der Waals surface area contributed by atoms with Gasteiger partial charge < -0.3 is 0 Å². The van der Waals surface area contributed by atoms with Crippen LogP contribution in [0, 0.1) is 6.92 Å². The summed E-state index contributed by atoms with van der Waals surface area (Å²) in [6.45, 7) is 1.83. The standard InChI is InChI=1S/C12H10BrClN2O/c1-7-8(4-3-5-10(7)14)12(17)11-9(13)6-15-16(11)2/h3-6H,1-2H3. The number of aryl methyl sites for hydroxylation is 1. The van der Waals surface area contributed by atoms with Gasteiger partial charge in [-0.3, -0.25) is 9.48 Å². The molecule has 5 heteroatoms. The van der Waals surface area contributed by atoms with E-state index in [4.69, 9.17) is 11.6 Å². The molecule has 0 amide bonds. The van der Waals surface area contributed by atoms with Gasteiger partial charge in [0.15, 0.2) is 0 Å². The third-order valence-electron chi connectivity index (χ3n) is 2.62. The minimum Gasteiger partial charge on any atom is -0.287 e. The Hall–Kier alpha value is -1.13. The molecule has 0 unspecified atom stereocenters. The molecule has 1 heterocycles. The summed E-state index contributed by atoms with van der Waals surface area (Å²) in [6.07, 6.45) is 1.60. The number of benzene rings is 1. The molecule has 88 valence electrons. The van der Waals surface area contributed by atoms with E-state index in [-0.39, 0.29) is 5.78 Å². The molecular weight excluding hydrogens is 304 g/mol. The highest BCUT2D eigenvalue weighted by atomic mass is 79.9. The lowest BCUT2D eigenvalue weighted by Gasteiger charge is -2.07. The molecule has 1 aromatic carbocycles. The number of hydrogen-bond donors (Lipinski definition) is 0. The fourth-order valence-corrected chi connectivity index (χ4v) is 2.35. The Morgan fingerprint density at radius 1 is 1.47 bits per heavy atom. The second-order valence-electron chi connectivity index (χ2n) is 3.71. The van der Waals surface area contributed by atoms with E-state index in [0.717, 1.165) is 5.56 Å². The third kappa shape index (κ3) is 2.15. The zero-order chi connectivity index (χ0) is 12.6. The van der Waals surface area contributed by atoms with Crippen molar-refractivity contribution in [1.29, 1.82) is 0 Å². The lowest BCUT2D eigenvalue weighted by atomic mass is 10.0. The monoisotopic (exact) mass is 312 g/mol. The van der Waals surface area contributed by atoms with E-state index in [1.807, 2.05) is 6.92 Å². The van der Waals surface area contributed by atoms with Crippen LogP contribution < -0.4 is 0 Å². The molecule has 0 fully saturated rings. The molecule has 2 rings (SSSR count). The van der Waals surface area contributed by atoms with Gasteiger partial charge in [-0.2, -0.15) is 5.10 Å². The molecule has 0 saturated carbocycles. The van der Waals surface area contributed by atoms with Gasteiger partial charge in [-0.05, 0) is 34.5 Å². The first-order valence-electron chi connectivity index (χ1n) is 4.99. The third-order valence-corrected chi connectivity index (χ3v) is 3.61. The molecule has 0 aliphatic rings. The number of rotatable bonds is 2. The van der Waals surface area contributed by atoms with E-state index in [1.165, 1.54) is 0 Å². The minimum atomic E-state index is -0.0862. The van der Waals surface area contributed by atoms with Crippen LogP contribution in [0.4, 0.5) is 0 Å². The summed E-state index contributed by atoms with van der Waals surface area (Å²) in [7, 11) is 1.73. The summed E-state index contributed by atoms with van der Waals surface area (Å²) in [6, 6.07) is 5.31. The van der Waals surface area contributed by atoms with Gasteiger partial charge in [0.2, 0.25) is 5.78 Å². The Bertz CT molecular complexity index is 573. The van der Waals surface area contributed by atoms with E-state index in [2.05, 4.69) is 21.0 Å². The second-order valence-corrected chi connectivity index (χ2v) is 4.97. The van der Waals surface area contributed by atoms with Gasteiger partial charge in [-0.15, -0.1) is 0 Å². The summed E-state index contributed by atoms with van der Waals surface area (Å²) in [5.41, 5.74) is 1.91. The van der Waals surface area contributed by atoms with Crippen LogP contribution in [-0.4, -0.2) is 15.6 Å². The number of hydrogen-bond acceptors (Lipinski definition) is 2. The highest BCUT2D eigenvalue weighted by molar-refractivity contribution is 9.10. The smallest absolute Gasteiger partial charge is 0.212 e. The van der Waals surface area contributed by atoms with Crippen molar-refractivity contribution in [3.8, 4) is 0 Å². The molecule has 3 nitrogen and oxygen atoms in total. The van der Waals surface area contributed by atoms with Crippen molar-refractivity contribution in [2.45, 2.75) is 6.92 Å². The molecule has 0 aliphatic carbocycles. The van der Waals surface area contributed by atoms with Crippen LogP contribution in [0.5, 0.6) is 0 Å². The van der Waals surface area contributed by atoms with Crippen LogP contribution in [0.1, 0.15) is 21.6 Å². The fourth-order valence-electron chi connectivity index (χ4n) is 1.65. The molecule has 0 radical (unpaired) electrons. The number of carbonyl (C=O) groups is 1. The number of aromatic nitrogens is 2. The molecule has 0 aliphatic heterocycles. The van der Waals surface area contributed by atoms with Crippen molar-refractivity contribution >= 4 is 33.3 Å². The number of nitrogens with zero attached hydrogens (tertiary/aromatic N) is 2. The van der Waals surface area contributed by atoms with Gasteiger partial charge in [-0.1, -0.05) is 23.7 Å². The van der Waals surface area contributed by atoms with Crippen molar-refractivity contribution in [1.82, 2.24) is 9.78 Å². The highest BCUT2D eigenvalue weighted by Gasteiger charge is 2.19. The maximum atomic E-state index is 12.4. The van der Waals surface area contributed by atoms with E-state index < -0.39 is 0 Å². The molecule has 0 spiro atoms. The lowest BCUT2D eigenvalue weighted by Crippen LogP contribution is -2.10. The summed E-state index contributed by atoms with van der Waals surface area (Å²) < 4.78 is 2.23. The molecule has 1 aromatic heterocycles. The maximum Gasteiger partial charge on any atom is 0.212 e. The molecule has 0 bridgehead atoms. The van der Waals surface area contributed by atoms with Crippen LogP contribution in [0.2, 0.25) is 5.02 Å². The van der Waals surface area contributed by atoms with Gasteiger partial charge in [0.1, 0.15) is 5.69 Å². The normalized spacial score (nSPS) is 10.6. The van der Waals surface area contributed by atoms with Crippen molar-refractivity contribution < 1.29 is 4.79 Å². The van der Waals surface area contributed by atoms with E-state index >= 15 is 0 Å². The number of halogens is 2. The van der Waals surface area contributed by atoms with Crippen molar-refractivity contribution in [2.75, 3.05) is 0 Å². The Morgan fingerprint density at radius 3 is 2.76 bits per heavy atom. The van der Waals surface area contributed by atoms with Crippen LogP contribution >= 0.6 is 27.5 Å².